The van der Waals surface area contributed by atoms with Crippen molar-refractivity contribution >= 4 is 27.3 Å². The van der Waals surface area contributed by atoms with E-state index in [4.69, 9.17) is 0 Å². The van der Waals surface area contributed by atoms with Gasteiger partial charge >= 0.3 is 0 Å². The molecule has 2 atom stereocenters. The van der Waals surface area contributed by atoms with E-state index in [9.17, 15) is 4.39 Å². The van der Waals surface area contributed by atoms with Crippen molar-refractivity contribution in [2.45, 2.75) is 26.3 Å². The van der Waals surface area contributed by atoms with Gasteiger partial charge in [-0.15, -0.1) is 0 Å². The van der Waals surface area contributed by atoms with Crippen LogP contribution in [0.25, 0.3) is 0 Å². The molecule has 2 nitrogen and oxygen atoms in total. The highest BCUT2D eigenvalue weighted by atomic mass is 79.9. The third-order valence-electron chi connectivity index (χ3n) is 3.24. The fraction of sp³-hybridized carbons (Fsp3) is 0.500. The lowest BCUT2D eigenvalue weighted by molar-refractivity contribution is 0.477. The summed E-state index contributed by atoms with van der Waals surface area (Å²) in [4.78, 5) is 0. The Balaban J connectivity index is 2.23. The van der Waals surface area contributed by atoms with Crippen molar-refractivity contribution < 1.29 is 4.39 Å². The van der Waals surface area contributed by atoms with Crippen LogP contribution in [0.4, 0.5) is 15.8 Å². The molecule has 2 rings (SSSR count). The van der Waals surface area contributed by atoms with Crippen LogP contribution in [-0.2, 0) is 0 Å². The number of rotatable bonds is 2. The van der Waals surface area contributed by atoms with Crippen LogP contribution in [0.2, 0.25) is 0 Å². The first-order valence-corrected chi connectivity index (χ1v) is 6.40. The van der Waals surface area contributed by atoms with Crippen LogP contribution in [0.5, 0.6) is 0 Å². The maximum absolute atomic E-state index is 13.3. The van der Waals surface area contributed by atoms with Gasteiger partial charge in [-0.3, -0.25) is 0 Å². The van der Waals surface area contributed by atoms with Crippen LogP contribution in [0.1, 0.15) is 20.3 Å². The maximum atomic E-state index is 13.3. The molecule has 2 N–H and O–H groups in total. The number of halogens is 2. The lowest BCUT2D eigenvalue weighted by Crippen LogP contribution is -2.37. The standard InChI is InChI=1S/C12H16BrFN2/c1-3-7(2)12-6-15-10-5-9(14)8(13)4-11(10)16-12/h4-5,7,12,15-16H,3,6H2,1-2H3. The molecule has 0 radical (unpaired) electrons. The Morgan fingerprint density at radius 3 is 2.94 bits per heavy atom. The first kappa shape index (κ1) is 11.7. The Morgan fingerprint density at radius 2 is 2.25 bits per heavy atom. The van der Waals surface area contributed by atoms with Crippen molar-refractivity contribution in [3.8, 4) is 0 Å². The lowest BCUT2D eigenvalue weighted by atomic mass is 9.97. The quantitative estimate of drug-likeness (QED) is 0.863. The smallest absolute Gasteiger partial charge is 0.139 e. The topological polar surface area (TPSA) is 24.1 Å². The molecule has 0 fully saturated rings. The fourth-order valence-corrected chi connectivity index (χ4v) is 2.25. The Bertz CT molecular complexity index is 395. The maximum Gasteiger partial charge on any atom is 0.139 e. The summed E-state index contributed by atoms with van der Waals surface area (Å²) in [7, 11) is 0. The molecule has 4 heteroatoms. The second-order valence-corrected chi connectivity index (χ2v) is 5.18. The van der Waals surface area contributed by atoms with E-state index in [1.165, 1.54) is 6.07 Å². The highest BCUT2D eigenvalue weighted by Gasteiger charge is 2.22. The van der Waals surface area contributed by atoms with Gasteiger partial charge in [-0.05, 0) is 27.9 Å². The highest BCUT2D eigenvalue weighted by Crippen LogP contribution is 2.33. The molecule has 88 valence electrons. The van der Waals surface area contributed by atoms with E-state index < -0.39 is 0 Å². The number of benzene rings is 1. The molecule has 0 amide bonds. The molecule has 1 aromatic carbocycles. The Hall–Kier alpha value is -0.770. The van der Waals surface area contributed by atoms with Crippen LogP contribution in [0, 0.1) is 11.7 Å². The summed E-state index contributed by atoms with van der Waals surface area (Å²) >= 11 is 3.21. The Kier molecular flexibility index (Phi) is 3.38. The molecule has 1 aromatic rings. The number of hydrogen-bond donors (Lipinski definition) is 2. The van der Waals surface area contributed by atoms with Crippen molar-refractivity contribution in [3.05, 3.63) is 22.4 Å². The Labute approximate surface area is 104 Å². The van der Waals surface area contributed by atoms with Crippen LogP contribution in [0.15, 0.2) is 16.6 Å². The normalized spacial score (nSPS) is 20.6. The van der Waals surface area contributed by atoms with E-state index in [0.29, 0.717) is 16.4 Å². The van der Waals surface area contributed by atoms with Gasteiger partial charge in [-0.25, -0.2) is 4.39 Å². The zero-order chi connectivity index (χ0) is 11.7. The van der Waals surface area contributed by atoms with Crippen LogP contribution >= 0.6 is 15.9 Å². The third kappa shape index (κ3) is 2.17. The summed E-state index contributed by atoms with van der Waals surface area (Å²) in [5.74, 6) is 0.375. The van der Waals surface area contributed by atoms with Crippen molar-refractivity contribution in [1.82, 2.24) is 0 Å². The summed E-state index contributed by atoms with van der Waals surface area (Å²) in [6, 6.07) is 3.74. The van der Waals surface area contributed by atoms with Crippen LogP contribution in [0.3, 0.4) is 0 Å². The summed E-state index contributed by atoms with van der Waals surface area (Å²) in [6.07, 6.45) is 1.14. The molecule has 0 bridgehead atoms. The van der Waals surface area contributed by atoms with Gasteiger partial charge in [0.25, 0.3) is 0 Å². The SMILES string of the molecule is CCC(C)C1CNc2cc(F)c(Br)cc2N1. The largest absolute Gasteiger partial charge is 0.381 e. The van der Waals surface area contributed by atoms with E-state index in [0.717, 1.165) is 24.3 Å². The summed E-state index contributed by atoms with van der Waals surface area (Å²) in [5, 5.41) is 6.73. The predicted octanol–water partition coefficient (Wildman–Crippen LogP) is 3.84. The van der Waals surface area contributed by atoms with E-state index >= 15 is 0 Å². The van der Waals surface area contributed by atoms with Gasteiger partial charge in [0.2, 0.25) is 0 Å². The second-order valence-electron chi connectivity index (χ2n) is 4.33. The van der Waals surface area contributed by atoms with Crippen LogP contribution in [-0.4, -0.2) is 12.6 Å². The molecule has 2 unspecified atom stereocenters. The molecule has 1 heterocycles. The number of hydrogen-bond acceptors (Lipinski definition) is 2. The van der Waals surface area contributed by atoms with E-state index in [2.05, 4.69) is 40.4 Å². The minimum absolute atomic E-state index is 0.227. The summed E-state index contributed by atoms with van der Waals surface area (Å²) in [6.45, 7) is 5.26. The van der Waals surface area contributed by atoms with Gasteiger partial charge in [0.1, 0.15) is 5.82 Å². The van der Waals surface area contributed by atoms with Crippen molar-refractivity contribution in [1.29, 1.82) is 0 Å². The highest BCUT2D eigenvalue weighted by molar-refractivity contribution is 9.10. The number of fused-ring (bicyclic) bond motifs is 1. The molecule has 0 saturated carbocycles. The molecular formula is C12H16BrFN2. The number of nitrogens with one attached hydrogen (secondary N) is 2. The lowest BCUT2D eigenvalue weighted by Gasteiger charge is -2.32. The van der Waals surface area contributed by atoms with Gasteiger partial charge in [-0.2, -0.15) is 0 Å². The fourth-order valence-electron chi connectivity index (χ4n) is 1.91. The molecule has 1 aliphatic rings. The first-order chi connectivity index (χ1) is 7.61. The molecule has 16 heavy (non-hydrogen) atoms. The summed E-state index contributed by atoms with van der Waals surface area (Å²) in [5.41, 5.74) is 1.82. The summed E-state index contributed by atoms with van der Waals surface area (Å²) < 4.78 is 13.8. The molecule has 0 spiro atoms. The van der Waals surface area contributed by atoms with Gasteiger partial charge < -0.3 is 10.6 Å². The van der Waals surface area contributed by atoms with Gasteiger partial charge in [0.05, 0.1) is 15.8 Å². The third-order valence-corrected chi connectivity index (χ3v) is 3.85. The molecular weight excluding hydrogens is 271 g/mol. The monoisotopic (exact) mass is 286 g/mol. The minimum Gasteiger partial charge on any atom is -0.381 e. The van der Waals surface area contributed by atoms with E-state index in [1.54, 1.807) is 6.07 Å². The number of anilines is 2. The molecule has 0 aromatic heterocycles. The van der Waals surface area contributed by atoms with Gasteiger partial charge in [0, 0.05) is 18.7 Å². The average Bonchev–Trinajstić information content (AvgIpc) is 2.29. The van der Waals surface area contributed by atoms with Crippen molar-refractivity contribution in [2.24, 2.45) is 5.92 Å². The predicted molar refractivity (Wildman–Crippen MR) is 69.5 cm³/mol. The Morgan fingerprint density at radius 1 is 1.50 bits per heavy atom. The van der Waals surface area contributed by atoms with E-state index in [1.807, 2.05) is 0 Å². The zero-order valence-electron chi connectivity index (χ0n) is 9.48. The molecule has 1 aliphatic heterocycles. The van der Waals surface area contributed by atoms with Crippen molar-refractivity contribution in [3.63, 3.8) is 0 Å². The molecule has 0 aliphatic carbocycles. The first-order valence-electron chi connectivity index (χ1n) is 5.61. The average molecular weight is 287 g/mol. The van der Waals surface area contributed by atoms with E-state index in [-0.39, 0.29) is 5.82 Å². The zero-order valence-corrected chi connectivity index (χ0v) is 11.1. The van der Waals surface area contributed by atoms with Crippen LogP contribution < -0.4 is 10.6 Å². The second kappa shape index (κ2) is 4.62. The van der Waals surface area contributed by atoms with Gasteiger partial charge in [-0.1, -0.05) is 20.3 Å². The molecule has 0 saturated heterocycles. The minimum atomic E-state index is -0.227. The van der Waals surface area contributed by atoms with Gasteiger partial charge in [0.15, 0.2) is 0 Å². The van der Waals surface area contributed by atoms with Crippen molar-refractivity contribution in [2.75, 3.05) is 17.2 Å².